The summed E-state index contributed by atoms with van der Waals surface area (Å²) >= 11 is 1.50. The first-order valence-electron chi connectivity index (χ1n) is 9.02. The molecule has 1 aromatic carbocycles. The quantitative estimate of drug-likeness (QED) is 0.641. The molecule has 148 valence electrons. The van der Waals surface area contributed by atoms with Gasteiger partial charge in [-0.1, -0.05) is 54.2 Å². The van der Waals surface area contributed by atoms with Crippen LogP contribution in [0.15, 0.2) is 51.2 Å². The third-order valence-electron chi connectivity index (χ3n) is 4.57. The summed E-state index contributed by atoms with van der Waals surface area (Å²) in [6.07, 6.45) is 3.99. The van der Waals surface area contributed by atoms with Crippen molar-refractivity contribution in [3.05, 3.63) is 62.8 Å². The molecule has 28 heavy (non-hydrogen) atoms. The number of nitrogens with zero attached hydrogens (tertiary/aromatic N) is 4. The molecule has 0 aliphatic rings. The SMILES string of the molecule is Cn1c(=O)c2c(nc(SC(C)(C)CN)n2CC=Cc2ccccc2)n(C)c1=O. The number of aryl methyl sites for hydroxylation is 1. The van der Waals surface area contributed by atoms with Crippen molar-refractivity contribution in [2.45, 2.75) is 30.3 Å². The van der Waals surface area contributed by atoms with Gasteiger partial charge in [-0.15, -0.1) is 0 Å². The predicted octanol–water partition coefficient (Wildman–Crippen LogP) is 1.98. The summed E-state index contributed by atoms with van der Waals surface area (Å²) in [5.41, 5.74) is 7.02. The smallest absolute Gasteiger partial charge is 0.329 e. The zero-order valence-electron chi connectivity index (χ0n) is 16.5. The minimum Gasteiger partial charge on any atom is -0.329 e. The topological polar surface area (TPSA) is 87.8 Å². The van der Waals surface area contributed by atoms with Crippen molar-refractivity contribution in [1.29, 1.82) is 0 Å². The van der Waals surface area contributed by atoms with Gasteiger partial charge in [0.15, 0.2) is 16.3 Å². The second kappa shape index (κ2) is 7.81. The molecular weight excluding hydrogens is 374 g/mol. The first-order valence-corrected chi connectivity index (χ1v) is 9.84. The average Bonchev–Trinajstić information content (AvgIpc) is 3.03. The normalized spacial score (nSPS) is 12.3. The highest BCUT2D eigenvalue weighted by Gasteiger charge is 2.24. The number of aromatic nitrogens is 4. The van der Waals surface area contributed by atoms with E-state index in [2.05, 4.69) is 4.98 Å². The Kier molecular flexibility index (Phi) is 5.62. The lowest BCUT2D eigenvalue weighted by Crippen LogP contribution is -2.37. The lowest BCUT2D eigenvalue weighted by molar-refractivity contribution is 0.691. The molecule has 0 fully saturated rings. The Morgan fingerprint density at radius 2 is 1.82 bits per heavy atom. The van der Waals surface area contributed by atoms with Gasteiger partial charge in [0, 0.05) is 31.9 Å². The van der Waals surface area contributed by atoms with Crippen LogP contribution in [-0.2, 0) is 20.6 Å². The van der Waals surface area contributed by atoms with Gasteiger partial charge < -0.3 is 10.3 Å². The number of nitrogens with two attached hydrogens (primary N) is 1. The van der Waals surface area contributed by atoms with Gasteiger partial charge in [-0.2, -0.15) is 0 Å². The van der Waals surface area contributed by atoms with Crippen molar-refractivity contribution < 1.29 is 0 Å². The summed E-state index contributed by atoms with van der Waals surface area (Å²) in [5, 5.41) is 0.668. The molecule has 0 saturated heterocycles. The first-order chi connectivity index (χ1) is 13.2. The van der Waals surface area contributed by atoms with Gasteiger partial charge in [0.05, 0.1) is 0 Å². The third kappa shape index (κ3) is 3.83. The molecule has 0 aliphatic heterocycles. The third-order valence-corrected chi connectivity index (χ3v) is 5.78. The van der Waals surface area contributed by atoms with Crippen molar-refractivity contribution in [3.63, 3.8) is 0 Å². The predicted molar refractivity (Wildman–Crippen MR) is 115 cm³/mol. The van der Waals surface area contributed by atoms with Crippen LogP contribution >= 0.6 is 11.8 Å². The highest BCUT2D eigenvalue weighted by molar-refractivity contribution is 8.00. The van der Waals surface area contributed by atoms with Crippen LogP contribution in [0.2, 0.25) is 0 Å². The summed E-state index contributed by atoms with van der Waals surface area (Å²) < 4.78 is 4.13. The molecule has 3 aromatic rings. The molecule has 7 nitrogen and oxygen atoms in total. The van der Waals surface area contributed by atoms with Crippen molar-refractivity contribution in [2.75, 3.05) is 6.54 Å². The van der Waals surface area contributed by atoms with Gasteiger partial charge >= 0.3 is 5.69 Å². The van der Waals surface area contributed by atoms with Gasteiger partial charge in [0.1, 0.15) is 0 Å². The Bertz CT molecular complexity index is 1140. The molecule has 2 heterocycles. The first kappa shape index (κ1) is 20.2. The molecule has 0 aliphatic carbocycles. The van der Waals surface area contributed by atoms with Gasteiger partial charge in [-0.25, -0.2) is 9.78 Å². The molecule has 0 radical (unpaired) electrons. The fourth-order valence-corrected chi connectivity index (χ4v) is 3.81. The van der Waals surface area contributed by atoms with E-state index in [1.807, 2.05) is 60.9 Å². The molecule has 0 bridgehead atoms. The molecule has 0 unspecified atom stereocenters. The summed E-state index contributed by atoms with van der Waals surface area (Å²) in [6.45, 7) is 4.97. The lowest BCUT2D eigenvalue weighted by Gasteiger charge is -2.21. The Labute approximate surface area is 167 Å². The van der Waals surface area contributed by atoms with E-state index in [4.69, 9.17) is 5.73 Å². The number of hydrogen-bond acceptors (Lipinski definition) is 5. The Morgan fingerprint density at radius 1 is 1.14 bits per heavy atom. The zero-order chi connectivity index (χ0) is 20.5. The van der Waals surface area contributed by atoms with Crippen LogP contribution in [0.25, 0.3) is 17.2 Å². The van der Waals surface area contributed by atoms with Gasteiger partial charge in [-0.05, 0) is 19.4 Å². The van der Waals surface area contributed by atoms with Crippen LogP contribution in [0.3, 0.4) is 0 Å². The monoisotopic (exact) mass is 399 g/mol. The minimum absolute atomic E-state index is 0.258. The molecule has 3 rings (SSSR count). The van der Waals surface area contributed by atoms with E-state index in [0.717, 1.165) is 10.1 Å². The fourth-order valence-electron chi connectivity index (χ4n) is 2.82. The Morgan fingerprint density at radius 3 is 2.46 bits per heavy atom. The second-order valence-electron chi connectivity index (χ2n) is 7.26. The molecule has 0 spiro atoms. The van der Waals surface area contributed by atoms with Crippen LogP contribution < -0.4 is 17.0 Å². The maximum Gasteiger partial charge on any atom is 0.332 e. The Hall–Kier alpha value is -2.58. The van der Waals surface area contributed by atoms with Crippen molar-refractivity contribution in [3.8, 4) is 0 Å². The van der Waals surface area contributed by atoms with Gasteiger partial charge in [0.25, 0.3) is 5.56 Å². The number of rotatable bonds is 6. The highest BCUT2D eigenvalue weighted by Crippen LogP contribution is 2.32. The number of thioether (sulfide) groups is 1. The van der Waals surface area contributed by atoms with Crippen LogP contribution in [0.5, 0.6) is 0 Å². The van der Waals surface area contributed by atoms with E-state index in [1.54, 1.807) is 7.05 Å². The van der Waals surface area contributed by atoms with Crippen LogP contribution in [-0.4, -0.2) is 30.0 Å². The van der Waals surface area contributed by atoms with E-state index in [9.17, 15) is 9.59 Å². The van der Waals surface area contributed by atoms with E-state index in [0.29, 0.717) is 29.4 Å². The van der Waals surface area contributed by atoms with Crippen LogP contribution in [0, 0.1) is 0 Å². The molecule has 2 aromatic heterocycles. The van der Waals surface area contributed by atoms with E-state index in [1.165, 1.54) is 23.4 Å². The number of imidazole rings is 1. The number of hydrogen-bond donors (Lipinski definition) is 1. The fraction of sp³-hybridized carbons (Fsp3) is 0.350. The second-order valence-corrected chi connectivity index (χ2v) is 8.94. The average molecular weight is 400 g/mol. The lowest BCUT2D eigenvalue weighted by atomic mass is 10.2. The molecule has 8 heteroatoms. The minimum atomic E-state index is -0.392. The van der Waals surface area contributed by atoms with E-state index < -0.39 is 5.69 Å². The van der Waals surface area contributed by atoms with Gasteiger partial charge in [-0.3, -0.25) is 13.9 Å². The zero-order valence-corrected chi connectivity index (χ0v) is 17.4. The summed E-state index contributed by atoms with van der Waals surface area (Å²) in [6, 6.07) is 9.94. The maximum atomic E-state index is 12.8. The number of benzene rings is 1. The van der Waals surface area contributed by atoms with Gasteiger partial charge in [0.2, 0.25) is 0 Å². The summed E-state index contributed by atoms with van der Waals surface area (Å²) in [7, 11) is 3.11. The maximum absolute atomic E-state index is 12.8. The molecule has 0 atom stereocenters. The molecule has 0 saturated carbocycles. The van der Waals surface area contributed by atoms with Crippen LogP contribution in [0.1, 0.15) is 19.4 Å². The van der Waals surface area contributed by atoms with Crippen molar-refractivity contribution in [1.82, 2.24) is 18.7 Å². The standard InChI is InChI=1S/C20H25N5O2S/c1-20(2,13-21)28-18-22-16-15(17(26)24(4)19(27)23(16)3)25(18)12-8-11-14-9-6-5-7-10-14/h5-11H,12-13,21H2,1-4H3. The largest absolute Gasteiger partial charge is 0.332 e. The Balaban J connectivity index is 2.15. The molecule has 0 amide bonds. The van der Waals surface area contributed by atoms with E-state index in [-0.39, 0.29) is 10.3 Å². The number of allylic oxidation sites excluding steroid dienone is 1. The van der Waals surface area contributed by atoms with E-state index >= 15 is 0 Å². The van der Waals surface area contributed by atoms with Crippen LogP contribution in [0.4, 0.5) is 0 Å². The summed E-state index contributed by atoms with van der Waals surface area (Å²) in [5.74, 6) is 0. The van der Waals surface area contributed by atoms with Crippen molar-refractivity contribution >= 4 is 29.0 Å². The number of fused-ring (bicyclic) bond motifs is 1. The molecular formula is C20H25N5O2S. The summed E-state index contributed by atoms with van der Waals surface area (Å²) in [4.78, 5) is 29.8. The highest BCUT2D eigenvalue weighted by atomic mass is 32.2. The van der Waals surface area contributed by atoms with Crippen molar-refractivity contribution in [2.24, 2.45) is 19.8 Å². The molecule has 2 N–H and O–H groups in total.